The summed E-state index contributed by atoms with van der Waals surface area (Å²) in [5.41, 5.74) is 1.12. The van der Waals surface area contributed by atoms with Crippen LogP contribution < -0.4 is 5.32 Å². The first kappa shape index (κ1) is 24.2. The predicted octanol–water partition coefficient (Wildman–Crippen LogP) is 2.83. The van der Waals surface area contributed by atoms with Crippen molar-refractivity contribution in [2.75, 3.05) is 39.4 Å². The molecule has 0 aliphatic carbocycles. The third-order valence-corrected chi connectivity index (χ3v) is 4.60. The van der Waals surface area contributed by atoms with Crippen LogP contribution in [-0.4, -0.2) is 66.1 Å². The van der Waals surface area contributed by atoms with Gasteiger partial charge in [-0.1, -0.05) is 13.8 Å². The molecule has 1 N–H and O–H groups in total. The highest BCUT2D eigenvalue weighted by atomic mass is 127. The predicted molar refractivity (Wildman–Crippen MR) is 120 cm³/mol. The molecule has 0 bridgehead atoms. The number of aromatic nitrogens is 2. The Kier molecular flexibility index (Phi) is 11.2. The van der Waals surface area contributed by atoms with Crippen LogP contribution in [0.25, 0.3) is 0 Å². The number of halogens is 1. The van der Waals surface area contributed by atoms with Gasteiger partial charge in [0, 0.05) is 45.0 Å². The average molecular weight is 493 g/mol. The van der Waals surface area contributed by atoms with E-state index in [1.807, 2.05) is 24.1 Å². The lowest BCUT2D eigenvalue weighted by atomic mass is 10.0. The molecule has 2 heterocycles. The molecule has 1 aromatic heterocycles. The number of aryl methyl sites for hydroxylation is 1. The third kappa shape index (κ3) is 7.57. The summed E-state index contributed by atoms with van der Waals surface area (Å²) in [6.45, 7) is 13.3. The van der Waals surface area contributed by atoms with E-state index < -0.39 is 0 Å². The molecule has 0 aromatic carbocycles. The van der Waals surface area contributed by atoms with E-state index >= 15 is 0 Å². The first-order valence-corrected chi connectivity index (χ1v) is 9.80. The number of nitrogens with one attached hydrogen (secondary N) is 1. The summed E-state index contributed by atoms with van der Waals surface area (Å²) >= 11 is 0. The Balaban J connectivity index is 0.00000364. The van der Waals surface area contributed by atoms with Crippen molar-refractivity contribution in [3.05, 3.63) is 18.0 Å². The summed E-state index contributed by atoms with van der Waals surface area (Å²) in [5, 5.41) is 7.68. The first-order valence-electron chi connectivity index (χ1n) is 9.80. The first-order chi connectivity index (χ1) is 12.5. The van der Waals surface area contributed by atoms with Crippen LogP contribution in [0.3, 0.4) is 0 Å². The zero-order valence-electron chi connectivity index (χ0n) is 17.4. The summed E-state index contributed by atoms with van der Waals surface area (Å²) in [4.78, 5) is 7.14. The van der Waals surface area contributed by atoms with Gasteiger partial charge in [0.05, 0.1) is 25.5 Å². The summed E-state index contributed by atoms with van der Waals surface area (Å²) in [5.74, 6) is 1.47. The highest BCUT2D eigenvalue weighted by Gasteiger charge is 2.25. The lowest BCUT2D eigenvalue weighted by Gasteiger charge is -2.35. The summed E-state index contributed by atoms with van der Waals surface area (Å²) < 4.78 is 13.6. The van der Waals surface area contributed by atoms with Crippen LogP contribution in [0.5, 0.6) is 0 Å². The van der Waals surface area contributed by atoms with Crippen LogP contribution in [0.15, 0.2) is 17.4 Å². The van der Waals surface area contributed by atoms with E-state index in [9.17, 15) is 0 Å². The van der Waals surface area contributed by atoms with Crippen LogP contribution in [0.4, 0.5) is 0 Å². The summed E-state index contributed by atoms with van der Waals surface area (Å²) in [7, 11) is 1.93. The van der Waals surface area contributed by atoms with Crippen molar-refractivity contribution in [2.24, 2.45) is 18.0 Å². The molecule has 0 spiro atoms. The molecule has 7 nitrogen and oxygen atoms in total. The van der Waals surface area contributed by atoms with Crippen LogP contribution in [0.2, 0.25) is 0 Å². The molecule has 1 aromatic rings. The molecule has 1 saturated heterocycles. The van der Waals surface area contributed by atoms with Gasteiger partial charge in [-0.3, -0.25) is 9.67 Å². The maximum atomic E-state index is 5.94. The fourth-order valence-electron chi connectivity index (χ4n) is 3.20. The largest absolute Gasteiger partial charge is 0.378 e. The van der Waals surface area contributed by atoms with Gasteiger partial charge < -0.3 is 19.7 Å². The Bertz CT molecular complexity index is 564. The lowest BCUT2D eigenvalue weighted by Crippen LogP contribution is -2.48. The number of hydrogen-bond acceptors (Lipinski definition) is 4. The molecular formula is C19H36IN5O2. The maximum absolute atomic E-state index is 5.94. The van der Waals surface area contributed by atoms with Crippen LogP contribution in [0.1, 0.15) is 45.8 Å². The Hall–Kier alpha value is -0.870. The van der Waals surface area contributed by atoms with E-state index in [1.165, 1.54) is 0 Å². The Morgan fingerprint density at radius 1 is 1.44 bits per heavy atom. The third-order valence-electron chi connectivity index (χ3n) is 4.60. The van der Waals surface area contributed by atoms with E-state index in [0.717, 1.165) is 50.7 Å². The van der Waals surface area contributed by atoms with Crippen LogP contribution >= 0.6 is 24.0 Å². The summed E-state index contributed by atoms with van der Waals surface area (Å²) in [6.07, 6.45) is 5.14. The SMILES string of the molecule is CCNC(=NCCC(OCC)C(C)C)N1CCOC(c2cnn(C)c2)C1.I. The van der Waals surface area contributed by atoms with Gasteiger partial charge in [0.25, 0.3) is 0 Å². The standard InChI is InChI=1S/C19H35N5O2.HI/c1-6-20-19(21-9-8-17(15(3)4)25-7-2)24-10-11-26-18(14-24)16-12-22-23(5)13-16;/h12-13,15,17-18H,6-11,14H2,1-5H3,(H,20,21);1H. The zero-order valence-corrected chi connectivity index (χ0v) is 19.7. The highest BCUT2D eigenvalue weighted by molar-refractivity contribution is 14.0. The lowest BCUT2D eigenvalue weighted by molar-refractivity contribution is -0.00815. The molecule has 0 radical (unpaired) electrons. The van der Waals surface area contributed by atoms with E-state index in [-0.39, 0.29) is 36.2 Å². The molecule has 8 heteroatoms. The van der Waals surface area contributed by atoms with Gasteiger partial charge in [-0.25, -0.2) is 0 Å². The van der Waals surface area contributed by atoms with Gasteiger partial charge in [0.2, 0.25) is 0 Å². The zero-order chi connectivity index (χ0) is 18.9. The Morgan fingerprint density at radius 2 is 2.22 bits per heavy atom. The van der Waals surface area contributed by atoms with Gasteiger partial charge in [0.15, 0.2) is 5.96 Å². The molecule has 2 unspecified atom stereocenters. The number of aliphatic imine (C=N–C) groups is 1. The van der Waals surface area contributed by atoms with E-state index in [2.05, 4.69) is 43.0 Å². The van der Waals surface area contributed by atoms with E-state index in [1.54, 1.807) is 0 Å². The number of rotatable bonds is 8. The molecule has 1 aliphatic rings. The molecule has 2 atom stereocenters. The quantitative estimate of drug-likeness (QED) is 0.343. The van der Waals surface area contributed by atoms with Crippen LogP contribution in [0, 0.1) is 5.92 Å². The fourth-order valence-corrected chi connectivity index (χ4v) is 3.20. The van der Waals surface area contributed by atoms with Crippen molar-refractivity contribution in [1.29, 1.82) is 0 Å². The number of morpholine rings is 1. The molecule has 1 aliphatic heterocycles. The smallest absolute Gasteiger partial charge is 0.194 e. The van der Waals surface area contributed by atoms with Crippen molar-refractivity contribution in [2.45, 2.75) is 46.3 Å². The molecular weight excluding hydrogens is 457 g/mol. The summed E-state index contributed by atoms with van der Waals surface area (Å²) in [6, 6.07) is 0. The average Bonchev–Trinajstić information content (AvgIpc) is 3.06. The molecule has 0 saturated carbocycles. The van der Waals surface area contributed by atoms with Gasteiger partial charge in [-0.05, 0) is 26.2 Å². The van der Waals surface area contributed by atoms with Crippen LogP contribution in [-0.2, 0) is 16.5 Å². The highest BCUT2D eigenvalue weighted by Crippen LogP contribution is 2.21. The molecule has 0 amide bonds. The second kappa shape index (κ2) is 12.6. The Morgan fingerprint density at radius 3 is 2.81 bits per heavy atom. The second-order valence-electron chi connectivity index (χ2n) is 7.01. The minimum absolute atomic E-state index is 0. The van der Waals surface area contributed by atoms with Gasteiger partial charge in [0.1, 0.15) is 6.10 Å². The normalized spacial score (nSPS) is 19.1. The number of ether oxygens (including phenoxy) is 2. The van der Waals surface area contributed by atoms with Crippen molar-refractivity contribution >= 4 is 29.9 Å². The van der Waals surface area contributed by atoms with Gasteiger partial charge in [-0.2, -0.15) is 5.10 Å². The van der Waals surface area contributed by atoms with Gasteiger partial charge in [-0.15, -0.1) is 24.0 Å². The molecule has 27 heavy (non-hydrogen) atoms. The van der Waals surface area contributed by atoms with E-state index in [0.29, 0.717) is 12.5 Å². The van der Waals surface area contributed by atoms with Crippen molar-refractivity contribution in [1.82, 2.24) is 20.0 Å². The fraction of sp³-hybridized carbons (Fsp3) is 0.789. The monoisotopic (exact) mass is 493 g/mol. The van der Waals surface area contributed by atoms with Gasteiger partial charge >= 0.3 is 0 Å². The topological polar surface area (TPSA) is 63.9 Å². The number of nitrogens with zero attached hydrogens (tertiary/aromatic N) is 4. The minimum atomic E-state index is 0. The molecule has 1 fully saturated rings. The van der Waals surface area contributed by atoms with Crippen molar-refractivity contribution in [3.63, 3.8) is 0 Å². The second-order valence-corrected chi connectivity index (χ2v) is 7.01. The minimum Gasteiger partial charge on any atom is -0.378 e. The number of guanidine groups is 1. The molecule has 2 rings (SSSR count). The molecule has 156 valence electrons. The maximum Gasteiger partial charge on any atom is 0.194 e. The van der Waals surface area contributed by atoms with E-state index in [4.69, 9.17) is 14.5 Å². The van der Waals surface area contributed by atoms with Crippen molar-refractivity contribution in [3.8, 4) is 0 Å². The number of hydrogen-bond donors (Lipinski definition) is 1. The Labute approximate surface area is 180 Å². The van der Waals surface area contributed by atoms with Crippen molar-refractivity contribution < 1.29 is 9.47 Å².